The number of nitrogens with one attached hydrogen (secondary N) is 1. The van der Waals surface area contributed by atoms with E-state index in [1.54, 1.807) is 7.05 Å². The molecule has 2 unspecified atom stereocenters. The third-order valence-corrected chi connectivity index (χ3v) is 2.72. The Balaban J connectivity index is 2.44. The molecule has 0 saturated heterocycles. The predicted octanol–water partition coefficient (Wildman–Crippen LogP) is 1.17. The molecule has 2 atom stereocenters. The molecule has 0 aliphatic heterocycles. The molecule has 1 amide bonds. The fourth-order valence-electron chi connectivity index (χ4n) is 1.38. The number of carbonyl (C=O) groups is 1. The van der Waals surface area contributed by atoms with Crippen molar-refractivity contribution in [3.05, 3.63) is 0 Å². The van der Waals surface area contributed by atoms with E-state index in [0.29, 0.717) is 11.3 Å². The Bertz CT molecular complexity index is 155. The fourth-order valence-corrected chi connectivity index (χ4v) is 1.38. The van der Waals surface area contributed by atoms with Crippen LogP contribution in [0.2, 0.25) is 0 Å². The second-order valence-corrected chi connectivity index (χ2v) is 3.38. The standard InChI is InChI=1S/C8H15NO/c1-4-8(2)5-6(8)7(10)9-3/h6H,4-5H2,1-3H3,(H,9,10). The fraction of sp³-hybridized carbons (Fsp3) is 0.875. The molecule has 2 heteroatoms. The van der Waals surface area contributed by atoms with Crippen LogP contribution in [0.1, 0.15) is 26.7 Å². The molecule has 1 aliphatic carbocycles. The average Bonchev–Trinajstić information content (AvgIpc) is 2.62. The number of carbonyl (C=O) groups excluding carboxylic acids is 1. The van der Waals surface area contributed by atoms with Gasteiger partial charge in [-0.05, 0) is 18.3 Å². The molecule has 10 heavy (non-hydrogen) atoms. The van der Waals surface area contributed by atoms with Gasteiger partial charge < -0.3 is 5.32 Å². The van der Waals surface area contributed by atoms with E-state index in [4.69, 9.17) is 0 Å². The van der Waals surface area contributed by atoms with Crippen LogP contribution in [0.4, 0.5) is 0 Å². The molecule has 0 spiro atoms. The summed E-state index contributed by atoms with van der Waals surface area (Å²) in [5, 5.41) is 2.68. The Kier molecular flexibility index (Phi) is 1.71. The summed E-state index contributed by atoms with van der Waals surface area (Å²) in [5.41, 5.74) is 0.320. The van der Waals surface area contributed by atoms with Crippen molar-refractivity contribution in [3.63, 3.8) is 0 Å². The maximum absolute atomic E-state index is 11.0. The lowest BCUT2D eigenvalue weighted by atomic mass is 10.0. The van der Waals surface area contributed by atoms with E-state index >= 15 is 0 Å². The molecule has 0 aromatic heterocycles. The van der Waals surface area contributed by atoms with Gasteiger partial charge in [-0.25, -0.2) is 0 Å². The summed E-state index contributed by atoms with van der Waals surface area (Å²) in [6, 6.07) is 0. The molecule has 0 aromatic rings. The van der Waals surface area contributed by atoms with Crippen molar-refractivity contribution in [1.82, 2.24) is 5.32 Å². The van der Waals surface area contributed by atoms with Crippen LogP contribution < -0.4 is 5.32 Å². The quantitative estimate of drug-likeness (QED) is 0.614. The molecule has 1 fully saturated rings. The van der Waals surface area contributed by atoms with Gasteiger partial charge in [-0.1, -0.05) is 13.8 Å². The minimum absolute atomic E-state index is 0.212. The minimum Gasteiger partial charge on any atom is -0.359 e. The highest BCUT2D eigenvalue weighted by Gasteiger charge is 2.52. The first-order valence-electron chi connectivity index (χ1n) is 3.85. The average molecular weight is 141 g/mol. The molecular formula is C8H15NO. The van der Waals surface area contributed by atoms with Gasteiger partial charge in [0.05, 0.1) is 0 Å². The van der Waals surface area contributed by atoms with Crippen LogP contribution in [-0.4, -0.2) is 13.0 Å². The second-order valence-electron chi connectivity index (χ2n) is 3.38. The number of rotatable bonds is 2. The van der Waals surface area contributed by atoms with E-state index in [1.807, 2.05) is 0 Å². The highest BCUT2D eigenvalue weighted by Crippen LogP contribution is 2.54. The van der Waals surface area contributed by atoms with Crippen LogP contribution in [0.25, 0.3) is 0 Å². The number of hydrogen-bond donors (Lipinski definition) is 1. The second kappa shape index (κ2) is 2.26. The van der Waals surface area contributed by atoms with Crippen molar-refractivity contribution in [2.24, 2.45) is 11.3 Å². The maximum Gasteiger partial charge on any atom is 0.223 e. The van der Waals surface area contributed by atoms with Crippen molar-refractivity contribution >= 4 is 5.91 Å². The lowest BCUT2D eigenvalue weighted by Crippen LogP contribution is -2.22. The summed E-state index contributed by atoms with van der Waals surface area (Å²) >= 11 is 0. The van der Waals surface area contributed by atoms with Gasteiger partial charge in [0.1, 0.15) is 0 Å². The van der Waals surface area contributed by atoms with E-state index < -0.39 is 0 Å². The number of hydrogen-bond acceptors (Lipinski definition) is 1. The summed E-state index contributed by atoms with van der Waals surface area (Å²) < 4.78 is 0. The van der Waals surface area contributed by atoms with Gasteiger partial charge in [0, 0.05) is 13.0 Å². The van der Waals surface area contributed by atoms with Gasteiger partial charge in [-0.2, -0.15) is 0 Å². The van der Waals surface area contributed by atoms with Gasteiger partial charge in [-0.3, -0.25) is 4.79 Å². The first-order valence-corrected chi connectivity index (χ1v) is 3.85. The Labute approximate surface area is 62.0 Å². The summed E-state index contributed by atoms with van der Waals surface area (Å²) in [4.78, 5) is 11.0. The molecule has 1 saturated carbocycles. The van der Waals surface area contributed by atoms with Crippen LogP contribution in [0.5, 0.6) is 0 Å². The molecule has 0 aromatic carbocycles. The number of amides is 1. The summed E-state index contributed by atoms with van der Waals surface area (Å²) in [6.07, 6.45) is 2.19. The first-order chi connectivity index (χ1) is 4.64. The highest BCUT2D eigenvalue weighted by molar-refractivity contribution is 5.82. The Morgan fingerprint density at radius 1 is 1.80 bits per heavy atom. The summed E-state index contributed by atoms with van der Waals surface area (Å²) in [5.74, 6) is 0.506. The van der Waals surface area contributed by atoms with Crippen LogP contribution >= 0.6 is 0 Å². The largest absolute Gasteiger partial charge is 0.359 e. The SMILES string of the molecule is CCC1(C)CC1C(=O)NC. The van der Waals surface area contributed by atoms with Crippen molar-refractivity contribution in [2.45, 2.75) is 26.7 Å². The third kappa shape index (κ3) is 1.02. The van der Waals surface area contributed by atoms with Gasteiger partial charge in [0.15, 0.2) is 0 Å². The van der Waals surface area contributed by atoms with Gasteiger partial charge in [0.25, 0.3) is 0 Å². The van der Waals surface area contributed by atoms with Crippen molar-refractivity contribution in [3.8, 4) is 0 Å². The van der Waals surface area contributed by atoms with Crippen molar-refractivity contribution in [1.29, 1.82) is 0 Å². The monoisotopic (exact) mass is 141 g/mol. The van der Waals surface area contributed by atoms with Crippen LogP contribution in [0.3, 0.4) is 0 Å². The third-order valence-electron chi connectivity index (χ3n) is 2.72. The zero-order chi connectivity index (χ0) is 7.78. The molecule has 2 nitrogen and oxygen atoms in total. The Morgan fingerprint density at radius 3 is 2.70 bits per heavy atom. The Hall–Kier alpha value is -0.530. The molecule has 0 bridgehead atoms. The van der Waals surface area contributed by atoms with Crippen LogP contribution in [0.15, 0.2) is 0 Å². The van der Waals surface area contributed by atoms with Gasteiger partial charge in [0.2, 0.25) is 5.91 Å². The van der Waals surface area contributed by atoms with E-state index in [2.05, 4.69) is 19.2 Å². The summed E-state index contributed by atoms with van der Waals surface area (Å²) in [6.45, 7) is 4.32. The van der Waals surface area contributed by atoms with Crippen LogP contribution in [0, 0.1) is 11.3 Å². The lowest BCUT2D eigenvalue weighted by Gasteiger charge is -2.04. The predicted molar refractivity (Wildman–Crippen MR) is 40.6 cm³/mol. The molecule has 0 radical (unpaired) electrons. The van der Waals surface area contributed by atoms with Gasteiger partial charge >= 0.3 is 0 Å². The maximum atomic E-state index is 11.0. The molecule has 0 heterocycles. The van der Waals surface area contributed by atoms with E-state index in [9.17, 15) is 4.79 Å². The molecular weight excluding hydrogens is 126 g/mol. The first kappa shape index (κ1) is 7.58. The van der Waals surface area contributed by atoms with E-state index in [0.717, 1.165) is 12.8 Å². The zero-order valence-electron chi connectivity index (χ0n) is 6.90. The smallest absolute Gasteiger partial charge is 0.223 e. The highest BCUT2D eigenvalue weighted by atomic mass is 16.2. The molecule has 58 valence electrons. The summed E-state index contributed by atoms with van der Waals surface area (Å²) in [7, 11) is 1.71. The molecule has 1 rings (SSSR count). The topological polar surface area (TPSA) is 29.1 Å². The van der Waals surface area contributed by atoms with Crippen molar-refractivity contribution < 1.29 is 4.79 Å². The van der Waals surface area contributed by atoms with Crippen molar-refractivity contribution in [2.75, 3.05) is 7.05 Å². The van der Waals surface area contributed by atoms with E-state index in [-0.39, 0.29) is 5.91 Å². The molecule has 1 aliphatic rings. The Morgan fingerprint density at radius 2 is 2.40 bits per heavy atom. The van der Waals surface area contributed by atoms with E-state index in [1.165, 1.54) is 0 Å². The zero-order valence-corrected chi connectivity index (χ0v) is 6.90. The lowest BCUT2D eigenvalue weighted by molar-refractivity contribution is -0.122. The molecule has 1 N–H and O–H groups in total. The van der Waals surface area contributed by atoms with Crippen LogP contribution in [-0.2, 0) is 4.79 Å². The minimum atomic E-state index is 0.212. The normalized spacial score (nSPS) is 37.3. The van der Waals surface area contributed by atoms with Gasteiger partial charge in [-0.15, -0.1) is 0 Å².